The van der Waals surface area contributed by atoms with Crippen molar-refractivity contribution in [3.05, 3.63) is 102 Å². The van der Waals surface area contributed by atoms with Crippen LogP contribution in [0.15, 0.2) is 90.1 Å². The van der Waals surface area contributed by atoms with Gasteiger partial charge in [0.25, 0.3) is 0 Å². The molecular weight excluding hydrogens is 374 g/mol. The van der Waals surface area contributed by atoms with Crippen LogP contribution in [0, 0.1) is 0 Å². The summed E-state index contributed by atoms with van der Waals surface area (Å²) in [5.41, 5.74) is 3.58. The molecule has 0 spiro atoms. The van der Waals surface area contributed by atoms with Crippen molar-refractivity contribution in [2.24, 2.45) is 5.16 Å². The molecule has 0 amide bonds. The summed E-state index contributed by atoms with van der Waals surface area (Å²) < 4.78 is 12.3. The lowest BCUT2D eigenvalue weighted by Gasteiger charge is -2.30. The van der Waals surface area contributed by atoms with E-state index in [0.717, 1.165) is 47.4 Å². The summed E-state index contributed by atoms with van der Waals surface area (Å²) in [5.74, 6) is 0.837. The molecule has 3 aromatic rings. The van der Waals surface area contributed by atoms with E-state index in [-0.39, 0.29) is 0 Å². The van der Waals surface area contributed by atoms with Crippen molar-refractivity contribution >= 4 is 5.71 Å². The molecule has 0 saturated heterocycles. The second kappa shape index (κ2) is 9.59. The zero-order chi connectivity index (χ0) is 20.7. The van der Waals surface area contributed by atoms with Crippen molar-refractivity contribution in [3.8, 4) is 5.75 Å². The second-order valence-corrected chi connectivity index (χ2v) is 7.76. The zero-order valence-corrected chi connectivity index (χ0v) is 17.0. The largest absolute Gasteiger partial charge is 0.489 e. The average Bonchev–Trinajstić information content (AvgIpc) is 3.21. The van der Waals surface area contributed by atoms with Crippen molar-refractivity contribution in [1.82, 2.24) is 0 Å². The minimum absolute atomic E-state index is 0.498. The van der Waals surface area contributed by atoms with Crippen LogP contribution in [-0.4, -0.2) is 16.5 Å². The number of nitrogens with zero attached hydrogens (tertiary/aromatic N) is 1. The van der Waals surface area contributed by atoms with Crippen LogP contribution in [0.3, 0.4) is 0 Å². The maximum Gasteiger partial charge on any atom is 0.119 e. The molecule has 30 heavy (non-hydrogen) atoms. The SMILES string of the molecule is O/N=C1\CCCC1(Cc1ccc(OCc2ccccc2)cc1)OCc1ccccc1. The van der Waals surface area contributed by atoms with Crippen LogP contribution >= 0.6 is 0 Å². The van der Waals surface area contributed by atoms with Gasteiger partial charge in [0.05, 0.1) is 12.3 Å². The highest BCUT2D eigenvalue weighted by Crippen LogP contribution is 2.35. The van der Waals surface area contributed by atoms with E-state index in [2.05, 4.69) is 41.6 Å². The van der Waals surface area contributed by atoms with Crippen LogP contribution in [0.1, 0.15) is 36.0 Å². The number of rotatable bonds is 8. The normalized spacial score (nSPS) is 19.8. The first-order valence-electron chi connectivity index (χ1n) is 10.4. The molecule has 0 heterocycles. The molecule has 1 N–H and O–H groups in total. The van der Waals surface area contributed by atoms with Gasteiger partial charge in [-0.25, -0.2) is 0 Å². The van der Waals surface area contributed by atoms with Crippen molar-refractivity contribution in [2.75, 3.05) is 0 Å². The molecule has 4 nitrogen and oxygen atoms in total. The molecule has 1 aliphatic carbocycles. The Morgan fingerprint density at radius 1 is 0.767 bits per heavy atom. The van der Waals surface area contributed by atoms with Gasteiger partial charge in [0, 0.05) is 6.42 Å². The minimum Gasteiger partial charge on any atom is -0.489 e. The van der Waals surface area contributed by atoms with E-state index in [9.17, 15) is 5.21 Å². The molecule has 0 radical (unpaired) electrons. The zero-order valence-electron chi connectivity index (χ0n) is 17.0. The molecule has 4 heteroatoms. The van der Waals surface area contributed by atoms with Gasteiger partial charge in [-0.2, -0.15) is 0 Å². The average molecular weight is 402 g/mol. The van der Waals surface area contributed by atoms with Crippen LogP contribution < -0.4 is 4.74 Å². The highest BCUT2D eigenvalue weighted by molar-refractivity contribution is 5.94. The van der Waals surface area contributed by atoms with E-state index in [0.29, 0.717) is 19.6 Å². The number of hydrogen-bond acceptors (Lipinski definition) is 4. The molecule has 0 aliphatic heterocycles. The highest BCUT2D eigenvalue weighted by Gasteiger charge is 2.41. The van der Waals surface area contributed by atoms with E-state index >= 15 is 0 Å². The molecule has 0 bridgehead atoms. The van der Waals surface area contributed by atoms with Gasteiger partial charge in [-0.1, -0.05) is 78.0 Å². The van der Waals surface area contributed by atoms with Gasteiger partial charge in [-0.05, 0) is 48.1 Å². The van der Waals surface area contributed by atoms with Gasteiger partial charge in [-0.3, -0.25) is 0 Å². The Hall–Kier alpha value is -3.11. The predicted molar refractivity (Wildman–Crippen MR) is 118 cm³/mol. The monoisotopic (exact) mass is 401 g/mol. The first kappa shape index (κ1) is 20.2. The molecule has 0 aromatic heterocycles. The molecular formula is C26H27NO3. The highest BCUT2D eigenvalue weighted by atomic mass is 16.5. The fraction of sp³-hybridized carbons (Fsp3) is 0.269. The Morgan fingerprint density at radius 2 is 1.40 bits per heavy atom. The summed E-state index contributed by atoms with van der Waals surface area (Å²) in [5, 5.41) is 13.2. The summed E-state index contributed by atoms with van der Waals surface area (Å²) in [6, 6.07) is 28.4. The maximum atomic E-state index is 9.59. The van der Waals surface area contributed by atoms with Gasteiger partial charge < -0.3 is 14.7 Å². The summed E-state index contributed by atoms with van der Waals surface area (Å²) in [6.07, 6.45) is 3.26. The number of ether oxygens (including phenoxy) is 2. The van der Waals surface area contributed by atoms with Gasteiger partial charge in [0.15, 0.2) is 0 Å². The molecule has 1 unspecified atom stereocenters. The Labute approximate surface area is 177 Å². The van der Waals surface area contributed by atoms with E-state index in [1.54, 1.807) is 0 Å². The summed E-state index contributed by atoms with van der Waals surface area (Å²) in [7, 11) is 0. The van der Waals surface area contributed by atoms with Crippen LogP contribution in [0.5, 0.6) is 5.75 Å². The van der Waals surface area contributed by atoms with E-state index < -0.39 is 5.60 Å². The summed E-state index contributed by atoms with van der Waals surface area (Å²) >= 11 is 0. The van der Waals surface area contributed by atoms with Gasteiger partial charge in [0.1, 0.15) is 18.0 Å². The van der Waals surface area contributed by atoms with Gasteiger partial charge in [0.2, 0.25) is 0 Å². The number of oxime groups is 1. The van der Waals surface area contributed by atoms with E-state index in [1.807, 2.05) is 48.5 Å². The van der Waals surface area contributed by atoms with E-state index in [4.69, 9.17) is 9.47 Å². The lowest BCUT2D eigenvalue weighted by atomic mass is 9.91. The van der Waals surface area contributed by atoms with E-state index in [1.165, 1.54) is 0 Å². The fourth-order valence-corrected chi connectivity index (χ4v) is 4.02. The number of benzene rings is 3. The fourth-order valence-electron chi connectivity index (χ4n) is 4.02. The molecule has 1 fully saturated rings. The van der Waals surface area contributed by atoms with Crippen LogP contribution in [0.4, 0.5) is 0 Å². The standard InChI is InChI=1S/C26H27NO3/c28-27-25-12-7-17-26(25,30-20-23-10-5-2-6-11-23)18-21-13-15-24(16-14-21)29-19-22-8-3-1-4-9-22/h1-6,8-11,13-16,28H,7,12,17-20H2/b27-25+. The van der Waals surface area contributed by atoms with Crippen molar-refractivity contribution in [1.29, 1.82) is 0 Å². The third-order valence-corrected chi connectivity index (χ3v) is 5.66. The lowest BCUT2D eigenvalue weighted by molar-refractivity contribution is -0.00540. The second-order valence-electron chi connectivity index (χ2n) is 7.76. The molecule has 1 atom stereocenters. The smallest absolute Gasteiger partial charge is 0.119 e. The Bertz CT molecular complexity index is 955. The molecule has 154 valence electrons. The minimum atomic E-state index is -0.559. The third kappa shape index (κ3) is 4.89. The van der Waals surface area contributed by atoms with Crippen LogP contribution in [-0.2, 0) is 24.4 Å². The third-order valence-electron chi connectivity index (χ3n) is 5.66. The number of hydrogen-bond donors (Lipinski definition) is 1. The topological polar surface area (TPSA) is 51.1 Å². The molecule has 1 saturated carbocycles. The molecule has 1 aliphatic rings. The summed E-state index contributed by atoms with van der Waals surface area (Å²) in [6.45, 7) is 1.05. The van der Waals surface area contributed by atoms with Crippen molar-refractivity contribution in [2.45, 2.75) is 44.5 Å². The first-order chi connectivity index (χ1) is 14.8. The Morgan fingerprint density at radius 3 is 2.03 bits per heavy atom. The molecule has 4 rings (SSSR count). The first-order valence-corrected chi connectivity index (χ1v) is 10.4. The van der Waals surface area contributed by atoms with Crippen LogP contribution in [0.25, 0.3) is 0 Å². The summed E-state index contributed by atoms with van der Waals surface area (Å²) in [4.78, 5) is 0. The van der Waals surface area contributed by atoms with Gasteiger partial charge in [-0.15, -0.1) is 0 Å². The van der Waals surface area contributed by atoms with Crippen LogP contribution in [0.2, 0.25) is 0 Å². The predicted octanol–water partition coefficient (Wildman–Crippen LogP) is 5.78. The maximum absolute atomic E-state index is 9.59. The Kier molecular flexibility index (Phi) is 6.45. The Balaban J connectivity index is 1.43. The molecule has 3 aromatic carbocycles. The van der Waals surface area contributed by atoms with Crippen molar-refractivity contribution < 1.29 is 14.7 Å². The lowest BCUT2D eigenvalue weighted by Crippen LogP contribution is -2.39. The van der Waals surface area contributed by atoms with Gasteiger partial charge >= 0.3 is 0 Å². The van der Waals surface area contributed by atoms with Crippen molar-refractivity contribution in [3.63, 3.8) is 0 Å². The quantitative estimate of drug-likeness (QED) is 0.385.